The van der Waals surface area contributed by atoms with Crippen LogP contribution in [0.4, 0.5) is 5.69 Å². The molecule has 0 unspecified atom stereocenters. The molecule has 3 rings (SSSR count). The van der Waals surface area contributed by atoms with Crippen molar-refractivity contribution in [3.8, 4) is 16.9 Å². The lowest BCUT2D eigenvalue weighted by Crippen LogP contribution is -2.22. The van der Waals surface area contributed by atoms with E-state index in [1.165, 1.54) is 0 Å². The molecule has 0 aromatic heterocycles. The fourth-order valence-electron chi connectivity index (χ4n) is 3.11. The molecule has 0 bridgehead atoms. The van der Waals surface area contributed by atoms with Crippen molar-refractivity contribution in [2.75, 3.05) is 11.9 Å². The smallest absolute Gasteiger partial charge is 0.262 e. The van der Waals surface area contributed by atoms with Gasteiger partial charge in [0.05, 0.1) is 0 Å². The monoisotopic (exact) mass is 359 g/mol. The van der Waals surface area contributed by atoms with Crippen LogP contribution in [0.5, 0.6) is 5.75 Å². The fourth-order valence-corrected chi connectivity index (χ4v) is 3.11. The standard InChI is InChI=1S/C24H25NO2/c1-17(2)20-14-9-10-18(3)24(20)25-23(26)16-27-22-15-8-7-13-21(22)19-11-5-4-6-12-19/h4-15,17H,16H2,1-3H3,(H,25,26). The van der Waals surface area contributed by atoms with Gasteiger partial charge in [0.25, 0.3) is 5.91 Å². The average Bonchev–Trinajstić information content (AvgIpc) is 2.68. The van der Waals surface area contributed by atoms with Crippen LogP contribution in [0.1, 0.15) is 30.9 Å². The molecule has 0 atom stereocenters. The van der Waals surface area contributed by atoms with Crippen LogP contribution in [0.2, 0.25) is 0 Å². The first-order valence-electron chi connectivity index (χ1n) is 9.23. The van der Waals surface area contributed by atoms with Gasteiger partial charge in [-0.1, -0.05) is 80.6 Å². The van der Waals surface area contributed by atoms with E-state index in [-0.39, 0.29) is 12.5 Å². The Morgan fingerprint density at radius 1 is 0.926 bits per heavy atom. The minimum absolute atomic E-state index is 0.0320. The maximum atomic E-state index is 12.5. The number of nitrogens with one attached hydrogen (secondary N) is 1. The van der Waals surface area contributed by atoms with Crippen molar-refractivity contribution in [2.24, 2.45) is 0 Å². The summed E-state index contributed by atoms with van der Waals surface area (Å²) < 4.78 is 5.85. The van der Waals surface area contributed by atoms with Crippen molar-refractivity contribution in [1.82, 2.24) is 0 Å². The van der Waals surface area contributed by atoms with E-state index in [0.29, 0.717) is 11.7 Å². The Hall–Kier alpha value is -3.07. The Bertz CT molecular complexity index is 917. The second kappa shape index (κ2) is 8.54. The molecular weight excluding hydrogens is 334 g/mol. The molecule has 0 fully saturated rings. The van der Waals surface area contributed by atoms with Gasteiger partial charge in [-0.15, -0.1) is 0 Å². The molecule has 3 aromatic carbocycles. The molecule has 0 aliphatic heterocycles. The molecule has 3 nitrogen and oxygen atoms in total. The van der Waals surface area contributed by atoms with Crippen molar-refractivity contribution in [3.63, 3.8) is 0 Å². The quantitative estimate of drug-likeness (QED) is 0.604. The zero-order valence-corrected chi connectivity index (χ0v) is 16.0. The topological polar surface area (TPSA) is 38.3 Å². The van der Waals surface area contributed by atoms with Gasteiger partial charge in [-0.2, -0.15) is 0 Å². The van der Waals surface area contributed by atoms with Gasteiger partial charge in [0.15, 0.2) is 6.61 Å². The summed E-state index contributed by atoms with van der Waals surface area (Å²) in [5, 5.41) is 3.03. The van der Waals surface area contributed by atoms with E-state index in [0.717, 1.165) is 27.9 Å². The summed E-state index contributed by atoms with van der Waals surface area (Å²) in [4.78, 5) is 12.5. The van der Waals surface area contributed by atoms with Crippen LogP contribution in [-0.2, 0) is 4.79 Å². The van der Waals surface area contributed by atoms with E-state index in [4.69, 9.17) is 4.74 Å². The lowest BCUT2D eigenvalue weighted by atomic mass is 9.98. The molecule has 0 aliphatic carbocycles. The third-order valence-corrected chi connectivity index (χ3v) is 4.52. The van der Waals surface area contributed by atoms with E-state index < -0.39 is 0 Å². The minimum atomic E-state index is -0.158. The molecule has 0 saturated heterocycles. The van der Waals surface area contributed by atoms with Gasteiger partial charge in [0, 0.05) is 11.3 Å². The highest BCUT2D eigenvalue weighted by Gasteiger charge is 2.13. The highest BCUT2D eigenvalue weighted by atomic mass is 16.5. The van der Waals surface area contributed by atoms with Crippen molar-refractivity contribution >= 4 is 11.6 Å². The van der Waals surface area contributed by atoms with Crippen molar-refractivity contribution in [3.05, 3.63) is 83.9 Å². The molecule has 0 spiro atoms. The van der Waals surface area contributed by atoms with Crippen LogP contribution in [0.25, 0.3) is 11.1 Å². The van der Waals surface area contributed by atoms with Crippen LogP contribution in [0, 0.1) is 6.92 Å². The Morgan fingerprint density at radius 2 is 1.63 bits per heavy atom. The number of aryl methyl sites for hydroxylation is 1. The Labute approximate surface area is 161 Å². The van der Waals surface area contributed by atoms with Crippen LogP contribution in [-0.4, -0.2) is 12.5 Å². The zero-order valence-electron chi connectivity index (χ0n) is 16.0. The first-order valence-corrected chi connectivity index (χ1v) is 9.23. The zero-order chi connectivity index (χ0) is 19.2. The SMILES string of the molecule is Cc1cccc(C(C)C)c1NC(=O)COc1ccccc1-c1ccccc1. The van der Waals surface area contributed by atoms with E-state index >= 15 is 0 Å². The number of para-hydroxylation sites is 2. The second-order valence-corrected chi connectivity index (χ2v) is 6.89. The summed E-state index contributed by atoms with van der Waals surface area (Å²) >= 11 is 0. The van der Waals surface area contributed by atoms with Gasteiger partial charge < -0.3 is 10.1 Å². The molecule has 138 valence electrons. The summed E-state index contributed by atoms with van der Waals surface area (Å²) in [5.41, 5.74) is 5.11. The second-order valence-electron chi connectivity index (χ2n) is 6.89. The van der Waals surface area contributed by atoms with Crippen LogP contribution < -0.4 is 10.1 Å². The Kier molecular flexibility index (Phi) is 5.92. The van der Waals surface area contributed by atoms with Crippen LogP contribution >= 0.6 is 0 Å². The Balaban J connectivity index is 1.73. The van der Waals surface area contributed by atoms with Gasteiger partial charge >= 0.3 is 0 Å². The number of amides is 1. The number of ether oxygens (including phenoxy) is 1. The summed E-state index contributed by atoms with van der Waals surface area (Å²) in [7, 11) is 0. The number of rotatable bonds is 6. The Morgan fingerprint density at radius 3 is 2.37 bits per heavy atom. The molecule has 0 aliphatic rings. The third-order valence-electron chi connectivity index (χ3n) is 4.52. The van der Waals surface area contributed by atoms with E-state index in [2.05, 4.69) is 25.2 Å². The largest absolute Gasteiger partial charge is 0.483 e. The normalized spacial score (nSPS) is 10.7. The molecule has 1 amide bonds. The lowest BCUT2D eigenvalue weighted by molar-refractivity contribution is -0.118. The van der Waals surface area contributed by atoms with Gasteiger partial charge in [-0.25, -0.2) is 0 Å². The molecular formula is C24H25NO2. The first kappa shape index (κ1) is 18.7. The molecule has 1 N–H and O–H groups in total. The molecule has 0 heterocycles. The number of hydrogen-bond acceptors (Lipinski definition) is 2. The van der Waals surface area contributed by atoms with Crippen LogP contribution in [0.15, 0.2) is 72.8 Å². The highest BCUT2D eigenvalue weighted by molar-refractivity contribution is 5.93. The van der Waals surface area contributed by atoms with Crippen molar-refractivity contribution < 1.29 is 9.53 Å². The van der Waals surface area contributed by atoms with Crippen LogP contribution in [0.3, 0.4) is 0 Å². The fraction of sp³-hybridized carbons (Fsp3) is 0.208. The number of benzene rings is 3. The highest BCUT2D eigenvalue weighted by Crippen LogP contribution is 2.30. The maximum Gasteiger partial charge on any atom is 0.262 e. The number of carbonyl (C=O) groups excluding carboxylic acids is 1. The van der Waals surface area contributed by atoms with E-state index in [9.17, 15) is 4.79 Å². The van der Waals surface area contributed by atoms with Crippen molar-refractivity contribution in [2.45, 2.75) is 26.7 Å². The summed E-state index contributed by atoms with van der Waals surface area (Å²) in [5.74, 6) is 0.877. The predicted octanol–water partition coefficient (Wildman–Crippen LogP) is 5.80. The predicted molar refractivity (Wildman–Crippen MR) is 111 cm³/mol. The van der Waals surface area contributed by atoms with Crippen molar-refractivity contribution in [1.29, 1.82) is 0 Å². The molecule has 27 heavy (non-hydrogen) atoms. The molecule has 3 aromatic rings. The number of hydrogen-bond donors (Lipinski definition) is 1. The molecule has 0 saturated carbocycles. The summed E-state index contributed by atoms with van der Waals surface area (Å²) in [6, 6.07) is 23.9. The van der Waals surface area contributed by atoms with Gasteiger partial charge in [-0.3, -0.25) is 4.79 Å². The molecule has 0 radical (unpaired) electrons. The van der Waals surface area contributed by atoms with Gasteiger partial charge in [0.1, 0.15) is 5.75 Å². The lowest BCUT2D eigenvalue weighted by Gasteiger charge is -2.17. The minimum Gasteiger partial charge on any atom is -0.483 e. The third kappa shape index (κ3) is 4.56. The number of carbonyl (C=O) groups is 1. The van der Waals surface area contributed by atoms with Gasteiger partial charge in [0.2, 0.25) is 0 Å². The number of anilines is 1. The summed E-state index contributed by atoms with van der Waals surface area (Å²) in [6.45, 7) is 6.22. The van der Waals surface area contributed by atoms with E-state index in [1.807, 2.05) is 73.7 Å². The average molecular weight is 359 g/mol. The first-order chi connectivity index (χ1) is 13.1. The van der Waals surface area contributed by atoms with Gasteiger partial charge in [-0.05, 0) is 35.6 Å². The maximum absolute atomic E-state index is 12.5. The molecule has 3 heteroatoms. The van der Waals surface area contributed by atoms with E-state index in [1.54, 1.807) is 0 Å². The summed E-state index contributed by atoms with van der Waals surface area (Å²) in [6.07, 6.45) is 0.